The van der Waals surface area contributed by atoms with E-state index in [1.165, 1.54) is 0 Å². The fraction of sp³-hybridized carbons (Fsp3) is 0.217. The molecule has 0 bridgehead atoms. The molecule has 1 amide bonds. The first-order chi connectivity index (χ1) is 14.4. The van der Waals surface area contributed by atoms with Gasteiger partial charge in [-0.3, -0.25) is 4.79 Å². The first kappa shape index (κ1) is 20.1. The van der Waals surface area contributed by atoms with Crippen LogP contribution in [-0.2, 0) is 22.0 Å². The number of nitrogen functional groups attached to an aromatic ring is 1. The number of hydrogen-bond donors (Lipinski definition) is 2. The Kier molecular flexibility index (Phi) is 5.30. The van der Waals surface area contributed by atoms with Gasteiger partial charge in [-0.15, -0.1) is 0 Å². The van der Waals surface area contributed by atoms with Crippen LogP contribution in [0.2, 0.25) is 0 Å². The Labute approximate surface area is 176 Å². The molecule has 1 aliphatic rings. The number of amides is 1. The summed E-state index contributed by atoms with van der Waals surface area (Å²) < 4.78 is 23.7. The summed E-state index contributed by atoms with van der Waals surface area (Å²) in [6.45, 7) is 2.28. The van der Waals surface area contributed by atoms with E-state index in [1.54, 1.807) is 13.1 Å². The van der Waals surface area contributed by atoms with E-state index in [0.717, 1.165) is 39.8 Å². The van der Waals surface area contributed by atoms with E-state index in [-0.39, 0.29) is 17.4 Å². The second-order valence-corrected chi connectivity index (χ2v) is 9.76. The third-order valence-corrected chi connectivity index (χ3v) is 7.03. The van der Waals surface area contributed by atoms with Crippen LogP contribution in [0.25, 0.3) is 22.3 Å². The lowest BCUT2D eigenvalue weighted by Crippen LogP contribution is -2.31. The first-order valence-electron chi connectivity index (χ1n) is 9.83. The number of fused-ring (bicyclic) bond motifs is 1. The third-order valence-electron chi connectivity index (χ3n) is 5.37. The van der Waals surface area contributed by atoms with Crippen molar-refractivity contribution in [3.63, 3.8) is 0 Å². The lowest BCUT2D eigenvalue weighted by molar-refractivity contribution is 0.0946. The maximum atomic E-state index is 12.0. The van der Waals surface area contributed by atoms with Crippen LogP contribution < -0.4 is 11.1 Å². The molecule has 0 saturated heterocycles. The topological polar surface area (TPSA) is 102 Å². The summed E-state index contributed by atoms with van der Waals surface area (Å²) in [5, 5.41) is 2.85. The number of nitrogens with one attached hydrogen (secondary N) is 1. The quantitative estimate of drug-likeness (QED) is 0.659. The van der Waals surface area contributed by atoms with Crippen molar-refractivity contribution in [1.82, 2.24) is 10.3 Å². The van der Waals surface area contributed by atoms with E-state index < -0.39 is 9.84 Å². The molecule has 3 aromatic rings. The van der Waals surface area contributed by atoms with E-state index in [1.807, 2.05) is 48.5 Å². The van der Waals surface area contributed by atoms with E-state index in [4.69, 9.17) is 5.73 Å². The molecule has 0 aliphatic carbocycles. The standard InChI is InChI=1S/C23H23N3O3S/c1-2-30(28,29)14-15-3-5-16(6-4-15)19-12-21(22(24)26-13-19)17-7-8-20-18(11-17)9-10-25-23(20)27/h3-8,11-13H,2,9-10,14H2,1H3,(H2,24,26)(H,25,27). The molecule has 6 nitrogen and oxygen atoms in total. The summed E-state index contributed by atoms with van der Waals surface area (Å²) in [6.07, 6.45) is 2.49. The van der Waals surface area contributed by atoms with Crippen molar-refractivity contribution < 1.29 is 13.2 Å². The first-order valence-corrected chi connectivity index (χ1v) is 11.6. The number of rotatable bonds is 5. The van der Waals surface area contributed by atoms with E-state index in [2.05, 4.69) is 10.3 Å². The molecule has 3 N–H and O–H groups in total. The van der Waals surface area contributed by atoms with Crippen molar-refractivity contribution in [2.75, 3.05) is 18.0 Å². The van der Waals surface area contributed by atoms with Crippen molar-refractivity contribution in [2.45, 2.75) is 19.1 Å². The van der Waals surface area contributed by atoms with Crippen molar-refractivity contribution in [1.29, 1.82) is 0 Å². The van der Waals surface area contributed by atoms with Gasteiger partial charge in [0.15, 0.2) is 9.84 Å². The maximum absolute atomic E-state index is 12.0. The number of nitrogens with two attached hydrogens (primary N) is 1. The predicted octanol–water partition coefficient (Wildman–Crippen LogP) is 3.22. The average Bonchev–Trinajstić information content (AvgIpc) is 2.74. The second-order valence-electron chi connectivity index (χ2n) is 7.41. The van der Waals surface area contributed by atoms with Crippen LogP contribution in [0.5, 0.6) is 0 Å². The van der Waals surface area contributed by atoms with Crippen LogP contribution in [0.1, 0.15) is 28.4 Å². The molecule has 1 aromatic heterocycles. The highest BCUT2D eigenvalue weighted by atomic mass is 32.2. The lowest BCUT2D eigenvalue weighted by atomic mass is 9.94. The zero-order valence-corrected chi connectivity index (χ0v) is 17.5. The molecule has 7 heteroatoms. The monoisotopic (exact) mass is 421 g/mol. The molecule has 0 spiro atoms. The van der Waals surface area contributed by atoms with Gasteiger partial charge in [-0.05, 0) is 40.8 Å². The number of anilines is 1. The summed E-state index contributed by atoms with van der Waals surface area (Å²) >= 11 is 0. The molecule has 1 aliphatic heterocycles. The van der Waals surface area contributed by atoms with Gasteiger partial charge < -0.3 is 11.1 Å². The highest BCUT2D eigenvalue weighted by molar-refractivity contribution is 7.90. The number of benzene rings is 2. The Bertz CT molecular complexity index is 1220. The Morgan fingerprint density at radius 1 is 1.00 bits per heavy atom. The number of pyridine rings is 1. The molecule has 0 unspecified atom stereocenters. The molecular formula is C23H23N3O3S. The Morgan fingerprint density at radius 3 is 2.47 bits per heavy atom. The SMILES string of the molecule is CCS(=O)(=O)Cc1ccc(-c2cnc(N)c(-c3ccc4c(c3)CCNC4=O)c2)cc1. The fourth-order valence-corrected chi connectivity index (χ4v) is 4.51. The van der Waals surface area contributed by atoms with Gasteiger partial charge in [-0.1, -0.05) is 43.3 Å². The summed E-state index contributed by atoms with van der Waals surface area (Å²) in [5.74, 6) is 0.539. The molecule has 30 heavy (non-hydrogen) atoms. The van der Waals surface area contributed by atoms with Gasteiger partial charge in [0.25, 0.3) is 5.91 Å². The smallest absolute Gasteiger partial charge is 0.251 e. The summed E-state index contributed by atoms with van der Waals surface area (Å²) in [7, 11) is -3.07. The Morgan fingerprint density at radius 2 is 1.73 bits per heavy atom. The number of carbonyl (C=O) groups excluding carboxylic acids is 1. The average molecular weight is 422 g/mol. The van der Waals surface area contributed by atoms with E-state index in [0.29, 0.717) is 17.9 Å². The zero-order chi connectivity index (χ0) is 21.3. The van der Waals surface area contributed by atoms with Crippen LogP contribution in [0, 0.1) is 0 Å². The minimum absolute atomic E-state index is 0.0394. The summed E-state index contributed by atoms with van der Waals surface area (Å²) in [5.41, 5.74) is 12.2. The van der Waals surface area contributed by atoms with Gasteiger partial charge in [-0.25, -0.2) is 13.4 Å². The molecular weight excluding hydrogens is 398 g/mol. The Balaban J connectivity index is 1.66. The normalized spacial score (nSPS) is 13.6. The van der Waals surface area contributed by atoms with Gasteiger partial charge in [0.2, 0.25) is 0 Å². The largest absolute Gasteiger partial charge is 0.383 e. The van der Waals surface area contributed by atoms with Gasteiger partial charge in [0, 0.05) is 35.2 Å². The lowest BCUT2D eigenvalue weighted by Gasteiger charge is -2.18. The number of nitrogens with zero attached hydrogens (tertiary/aromatic N) is 1. The number of hydrogen-bond acceptors (Lipinski definition) is 5. The number of aromatic nitrogens is 1. The van der Waals surface area contributed by atoms with Crippen molar-refractivity contribution in [2.24, 2.45) is 0 Å². The van der Waals surface area contributed by atoms with E-state index in [9.17, 15) is 13.2 Å². The molecule has 154 valence electrons. The molecule has 0 atom stereocenters. The van der Waals surface area contributed by atoms with Crippen molar-refractivity contribution in [3.05, 3.63) is 71.4 Å². The molecule has 2 heterocycles. The van der Waals surface area contributed by atoms with Gasteiger partial charge in [-0.2, -0.15) is 0 Å². The third kappa shape index (κ3) is 4.07. The maximum Gasteiger partial charge on any atom is 0.251 e. The summed E-state index contributed by atoms with van der Waals surface area (Å²) in [6, 6.07) is 15.2. The predicted molar refractivity (Wildman–Crippen MR) is 119 cm³/mol. The second kappa shape index (κ2) is 7.91. The van der Waals surface area contributed by atoms with Crippen LogP contribution in [-0.4, -0.2) is 31.6 Å². The summed E-state index contributed by atoms with van der Waals surface area (Å²) in [4.78, 5) is 16.3. The molecule has 4 rings (SSSR count). The van der Waals surface area contributed by atoms with Crippen molar-refractivity contribution >= 4 is 21.6 Å². The van der Waals surface area contributed by atoms with Crippen LogP contribution >= 0.6 is 0 Å². The number of carbonyl (C=O) groups is 1. The van der Waals surface area contributed by atoms with Crippen LogP contribution in [0.3, 0.4) is 0 Å². The van der Waals surface area contributed by atoms with Gasteiger partial charge in [0.1, 0.15) is 5.82 Å². The van der Waals surface area contributed by atoms with Gasteiger partial charge in [0.05, 0.1) is 5.75 Å². The van der Waals surface area contributed by atoms with Gasteiger partial charge >= 0.3 is 0 Å². The zero-order valence-electron chi connectivity index (χ0n) is 16.7. The highest BCUT2D eigenvalue weighted by Gasteiger charge is 2.18. The fourth-order valence-electron chi connectivity index (χ4n) is 3.61. The molecule has 0 radical (unpaired) electrons. The highest BCUT2D eigenvalue weighted by Crippen LogP contribution is 2.31. The minimum Gasteiger partial charge on any atom is -0.383 e. The van der Waals surface area contributed by atoms with Crippen LogP contribution in [0.4, 0.5) is 5.82 Å². The minimum atomic E-state index is -3.07. The Hall–Kier alpha value is -3.19. The molecule has 0 fully saturated rings. The molecule has 0 saturated carbocycles. The van der Waals surface area contributed by atoms with Crippen LogP contribution in [0.15, 0.2) is 54.7 Å². The molecule has 2 aromatic carbocycles. The van der Waals surface area contributed by atoms with E-state index >= 15 is 0 Å². The number of sulfone groups is 1. The van der Waals surface area contributed by atoms with Crippen molar-refractivity contribution in [3.8, 4) is 22.3 Å².